The van der Waals surface area contributed by atoms with E-state index < -0.39 is 5.97 Å². The summed E-state index contributed by atoms with van der Waals surface area (Å²) in [5.41, 5.74) is 2.50. The zero-order valence-electron chi connectivity index (χ0n) is 18.6. The number of phenols is 2. The third-order valence-electron chi connectivity index (χ3n) is 4.91. The van der Waals surface area contributed by atoms with Gasteiger partial charge in [-0.25, -0.2) is 13.9 Å². The van der Waals surface area contributed by atoms with Crippen molar-refractivity contribution in [3.63, 3.8) is 0 Å². The lowest BCUT2D eigenvalue weighted by Gasteiger charge is -2.16. The predicted octanol–water partition coefficient (Wildman–Crippen LogP) is 2.28. The largest absolute Gasteiger partial charge is 0.508 e. The lowest BCUT2D eigenvalue weighted by atomic mass is 10.2. The first-order chi connectivity index (χ1) is 15.3. The molecule has 1 heterocycles. The van der Waals surface area contributed by atoms with Crippen molar-refractivity contribution in [1.29, 1.82) is 0 Å². The number of hydrazone groups is 1. The summed E-state index contributed by atoms with van der Waals surface area (Å²) in [4.78, 5) is 12.6. The van der Waals surface area contributed by atoms with E-state index in [4.69, 9.17) is 4.74 Å². The van der Waals surface area contributed by atoms with Crippen molar-refractivity contribution < 1.29 is 24.3 Å². The maximum absolute atomic E-state index is 12.6. The number of hydrogen-bond acceptors (Lipinski definition) is 7. The Labute approximate surface area is 186 Å². The van der Waals surface area contributed by atoms with E-state index in [1.807, 2.05) is 59.9 Å². The van der Waals surface area contributed by atoms with Gasteiger partial charge >= 0.3 is 11.8 Å². The van der Waals surface area contributed by atoms with Gasteiger partial charge in [-0.3, -0.25) is 5.01 Å². The van der Waals surface area contributed by atoms with Gasteiger partial charge < -0.3 is 20.3 Å². The molecule has 0 amide bonds. The van der Waals surface area contributed by atoms with Gasteiger partial charge in [0.2, 0.25) is 0 Å². The Morgan fingerprint density at radius 1 is 1.22 bits per heavy atom. The molecule has 0 spiro atoms. The molecule has 0 unspecified atom stereocenters. The average Bonchev–Trinajstić information content (AvgIpc) is 3.09. The number of rotatable bonds is 8. The Morgan fingerprint density at radius 3 is 2.53 bits per heavy atom. The Morgan fingerprint density at radius 2 is 1.94 bits per heavy atom. The van der Waals surface area contributed by atoms with Crippen LogP contribution in [0.3, 0.4) is 0 Å². The molecule has 9 nitrogen and oxygen atoms in total. The number of hydrogen-bond donors (Lipinski definition) is 3. The SMILES string of the molecule is CCOC(=O)/C(=N\N(C)c1ccc(NCc2ccc(O)cc2O)cc1)c1n(C)cc[n+]1C. The number of aryl methyl sites for hydroxylation is 2. The molecule has 0 saturated carbocycles. The van der Waals surface area contributed by atoms with Gasteiger partial charge in [-0.2, -0.15) is 5.10 Å². The van der Waals surface area contributed by atoms with Crippen LogP contribution >= 0.6 is 0 Å². The van der Waals surface area contributed by atoms with Crippen molar-refractivity contribution in [3.8, 4) is 11.5 Å². The molecule has 1 aromatic heterocycles. The number of nitrogens with zero attached hydrogens (tertiary/aromatic N) is 4. The summed E-state index contributed by atoms with van der Waals surface area (Å²) in [6.45, 7) is 2.41. The molecule has 0 bridgehead atoms. The molecule has 3 rings (SSSR count). The van der Waals surface area contributed by atoms with Gasteiger partial charge in [0.05, 0.1) is 26.4 Å². The van der Waals surface area contributed by atoms with Crippen LogP contribution in [0, 0.1) is 0 Å². The fourth-order valence-electron chi connectivity index (χ4n) is 3.20. The molecule has 3 N–H and O–H groups in total. The first kappa shape index (κ1) is 22.7. The second-order valence-electron chi connectivity index (χ2n) is 7.25. The van der Waals surface area contributed by atoms with Crippen LogP contribution in [0.25, 0.3) is 0 Å². The Balaban J connectivity index is 1.77. The van der Waals surface area contributed by atoms with Crippen LogP contribution in [-0.4, -0.2) is 40.1 Å². The summed E-state index contributed by atoms with van der Waals surface area (Å²) in [5, 5.41) is 28.7. The van der Waals surface area contributed by atoms with E-state index in [0.717, 1.165) is 11.4 Å². The quantitative estimate of drug-likeness (QED) is 0.216. The van der Waals surface area contributed by atoms with Crippen LogP contribution < -0.4 is 14.9 Å². The molecule has 3 aromatic rings. The second-order valence-corrected chi connectivity index (χ2v) is 7.25. The molecule has 168 valence electrons. The van der Waals surface area contributed by atoms with Crippen LogP contribution in [0.5, 0.6) is 11.5 Å². The molecule has 2 aromatic carbocycles. The van der Waals surface area contributed by atoms with Crippen molar-refractivity contribution in [2.75, 3.05) is 24.0 Å². The molecule has 0 aliphatic heterocycles. The third kappa shape index (κ3) is 5.18. The van der Waals surface area contributed by atoms with Gasteiger partial charge in [0.15, 0.2) is 0 Å². The smallest absolute Gasteiger partial charge is 0.367 e. The number of esters is 1. The average molecular weight is 439 g/mol. The van der Waals surface area contributed by atoms with E-state index in [1.54, 1.807) is 25.0 Å². The van der Waals surface area contributed by atoms with Crippen molar-refractivity contribution in [2.24, 2.45) is 19.2 Å². The monoisotopic (exact) mass is 438 g/mol. The Kier molecular flexibility index (Phi) is 6.99. The zero-order valence-corrected chi connectivity index (χ0v) is 18.6. The van der Waals surface area contributed by atoms with E-state index in [0.29, 0.717) is 17.9 Å². The second kappa shape index (κ2) is 9.86. The number of anilines is 2. The number of aromatic hydroxyl groups is 2. The molecular formula is C23H28N5O4+. The fourth-order valence-corrected chi connectivity index (χ4v) is 3.20. The van der Waals surface area contributed by atoms with Gasteiger partial charge in [0.1, 0.15) is 23.9 Å². The fraction of sp³-hybridized carbons (Fsp3) is 0.261. The summed E-state index contributed by atoms with van der Waals surface area (Å²) in [6, 6.07) is 12.0. The van der Waals surface area contributed by atoms with E-state index in [1.165, 1.54) is 12.1 Å². The molecule has 0 aliphatic rings. The summed E-state index contributed by atoms with van der Waals surface area (Å²) >= 11 is 0. The van der Waals surface area contributed by atoms with E-state index in [-0.39, 0.29) is 23.8 Å². The normalized spacial score (nSPS) is 11.3. The maximum atomic E-state index is 12.6. The van der Waals surface area contributed by atoms with Gasteiger partial charge in [-0.1, -0.05) is 0 Å². The van der Waals surface area contributed by atoms with E-state index in [2.05, 4.69) is 10.4 Å². The van der Waals surface area contributed by atoms with Crippen molar-refractivity contribution in [3.05, 3.63) is 66.2 Å². The standard InChI is InChI=1S/C23H27N5O4/c1-5-32-23(31)21(22-26(2)12-13-27(22)3)25-28(4)18-9-7-17(8-10-18)24-15-16-6-11-19(29)14-20(16)30/h6-14H,5,15H2,1-4H3,(H2-,24,25,29,30)/p+1. The minimum Gasteiger partial charge on any atom is -0.508 e. The number of carbonyl (C=O) groups excluding carboxylic acids is 1. The molecule has 0 aliphatic carbocycles. The highest BCUT2D eigenvalue weighted by atomic mass is 16.5. The molecule has 0 atom stereocenters. The molecule has 0 saturated heterocycles. The first-order valence-corrected chi connectivity index (χ1v) is 10.2. The first-order valence-electron chi connectivity index (χ1n) is 10.2. The molecule has 9 heteroatoms. The topological polar surface area (TPSA) is 103 Å². The molecule has 0 fully saturated rings. The number of aromatic nitrogens is 2. The lowest BCUT2D eigenvalue weighted by molar-refractivity contribution is -0.672. The number of benzene rings is 2. The van der Waals surface area contributed by atoms with Crippen LogP contribution in [0.4, 0.5) is 11.4 Å². The highest BCUT2D eigenvalue weighted by Gasteiger charge is 2.28. The minimum atomic E-state index is -0.497. The molecule has 32 heavy (non-hydrogen) atoms. The summed E-state index contributed by atoms with van der Waals surface area (Å²) in [7, 11) is 5.45. The number of ether oxygens (including phenoxy) is 1. The van der Waals surface area contributed by atoms with Crippen molar-refractivity contribution >= 4 is 23.1 Å². The van der Waals surface area contributed by atoms with Gasteiger partial charge in [-0.15, -0.1) is 0 Å². The van der Waals surface area contributed by atoms with Crippen molar-refractivity contribution in [1.82, 2.24) is 4.57 Å². The van der Waals surface area contributed by atoms with Crippen LogP contribution in [-0.2, 0) is 30.2 Å². The third-order valence-corrected chi connectivity index (χ3v) is 4.91. The molecular weight excluding hydrogens is 410 g/mol. The van der Waals surface area contributed by atoms with Gasteiger partial charge in [0, 0.05) is 30.9 Å². The Hall–Kier alpha value is -4.01. The van der Waals surface area contributed by atoms with E-state index in [9.17, 15) is 15.0 Å². The zero-order chi connectivity index (χ0) is 23.3. The summed E-state index contributed by atoms with van der Waals surface area (Å²) in [5.74, 6) is 0.180. The number of imidazole rings is 1. The lowest BCUT2D eigenvalue weighted by Crippen LogP contribution is -2.39. The maximum Gasteiger partial charge on any atom is 0.367 e. The van der Waals surface area contributed by atoms with E-state index >= 15 is 0 Å². The minimum absolute atomic E-state index is 0.0188. The highest BCUT2D eigenvalue weighted by Crippen LogP contribution is 2.24. The number of nitrogens with one attached hydrogen (secondary N) is 1. The van der Waals surface area contributed by atoms with Gasteiger partial charge in [0.25, 0.3) is 5.71 Å². The Bertz CT molecular complexity index is 1100. The van der Waals surface area contributed by atoms with Crippen LogP contribution in [0.2, 0.25) is 0 Å². The number of carbonyl (C=O) groups is 1. The number of phenolic OH excluding ortho intramolecular Hbond substituents is 2. The van der Waals surface area contributed by atoms with Crippen LogP contribution in [0.1, 0.15) is 18.3 Å². The highest BCUT2D eigenvalue weighted by molar-refractivity contribution is 6.42. The van der Waals surface area contributed by atoms with Crippen LogP contribution in [0.15, 0.2) is 60.0 Å². The predicted molar refractivity (Wildman–Crippen MR) is 122 cm³/mol. The molecule has 0 radical (unpaired) electrons. The van der Waals surface area contributed by atoms with Gasteiger partial charge in [-0.05, 0) is 43.3 Å². The summed E-state index contributed by atoms with van der Waals surface area (Å²) < 4.78 is 8.85. The van der Waals surface area contributed by atoms with Crippen molar-refractivity contribution in [2.45, 2.75) is 13.5 Å². The summed E-state index contributed by atoms with van der Waals surface area (Å²) in [6.07, 6.45) is 3.69.